The van der Waals surface area contributed by atoms with Crippen molar-refractivity contribution in [3.8, 4) is 0 Å². The summed E-state index contributed by atoms with van der Waals surface area (Å²) in [5.74, 6) is -1.46. The van der Waals surface area contributed by atoms with Crippen molar-refractivity contribution < 1.29 is 23.5 Å². The molecule has 0 atom stereocenters. The summed E-state index contributed by atoms with van der Waals surface area (Å²) in [6.07, 6.45) is 2.62. The van der Waals surface area contributed by atoms with Crippen molar-refractivity contribution in [3.05, 3.63) is 24.2 Å². The smallest absolute Gasteiger partial charge is 0.325 e. The second-order valence-electron chi connectivity index (χ2n) is 3.05. The predicted octanol–water partition coefficient (Wildman–Crippen LogP) is -0.701. The first-order chi connectivity index (χ1) is 8.13. The zero-order chi connectivity index (χ0) is 12.7. The molecule has 1 aromatic rings. The first kappa shape index (κ1) is 12.8. The van der Waals surface area contributed by atoms with Crippen molar-refractivity contribution in [1.29, 1.82) is 0 Å². The van der Waals surface area contributed by atoms with E-state index >= 15 is 0 Å². The molecule has 0 unspecified atom stereocenters. The Labute approximate surface area is 97.1 Å². The Hall–Kier alpha value is -2.31. The van der Waals surface area contributed by atoms with E-state index in [9.17, 15) is 14.4 Å². The number of hydrogen-bond acceptors (Lipinski definition) is 5. The molecule has 1 aromatic heterocycles. The zero-order valence-electron chi connectivity index (χ0n) is 9.19. The summed E-state index contributed by atoms with van der Waals surface area (Å²) in [6, 6.07) is 1.47. The van der Waals surface area contributed by atoms with E-state index in [4.69, 9.17) is 4.42 Å². The van der Waals surface area contributed by atoms with Gasteiger partial charge < -0.3 is 19.8 Å². The molecule has 0 bridgehead atoms. The molecule has 2 amide bonds. The molecular formula is C10H12N2O5. The van der Waals surface area contributed by atoms with Gasteiger partial charge in [0.15, 0.2) is 0 Å². The highest BCUT2D eigenvalue weighted by Crippen LogP contribution is 1.98. The minimum atomic E-state index is -0.556. The third kappa shape index (κ3) is 4.37. The predicted molar refractivity (Wildman–Crippen MR) is 56.1 cm³/mol. The van der Waals surface area contributed by atoms with Crippen LogP contribution in [0.15, 0.2) is 23.0 Å². The first-order valence-electron chi connectivity index (χ1n) is 4.77. The average molecular weight is 240 g/mol. The summed E-state index contributed by atoms with van der Waals surface area (Å²) in [7, 11) is 1.22. The normalized spacial score (nSPS) is 9.47. The van der Waals surface area contributed by atoms with Crippen molar-refractivity contribution >= 4 is 17.8 Å². The zero-order valence-corrected chi connectivity index (χ0v) is 9.19. The Balaban J connectivity index is 2.24. The fraction of sp³-hybridized carbons (Fsp3) is 0.300. The van der Waals surface area contributed by atoms with Gasteiger partial charge in [0.2, 0.25) is 5.91 Å². The molecule has 0 aliphatic carbocycles. The van der Waals surface area contributed by atoms with Gasteiger partial charge in [-0.2, -0.15) is 0 Å². The number of ether oxygens (including phenoxy) is 1. The molecule has 0 saturated heterocycles. The van der Waals surface area contributed by atoms with Gasteiger partial charge in [0.1, 0.15) is 12.8 Å². The van der Waals surface area contributed by atoms with Crippen LogP contribution in [0.2, 0.25) is 0 Å². The quantitative estimate of drug-likeness (QED) is 0.663. The van der Waals surface area contributed by atoms with Crippen LogP contribution < -0.4 is 10.6 Å². The van der Waals surface area contributed by atoms with Crippen molar-refractivity contribution in [2.75, 3.05) is 20.2 Å². The van der Waals surface area contributed by atoms with Crippen molar-refractivity contribution in [1.82, 2.24) is 10.6 Å². The molecule has 0 aromatic carbocycles. The van der Waals surface area contributed by atoms with E-state index in [1.807, 2.05) is 0 Å². The lowest BCUT2D eigenvalue weighted by Crippen LogP contribution is -2.39. The average Bonchev–Trinajstić information content (AvgIpc) is 2.86. The SMILES string of the molecule is COC(=O)CNC(=O)CNC(=O)c1ccoc1. The highest BCUT2D eigenvalue weighted by Gasteiger charge is 2.09. The Morgan fingerprint density at radius 3 is 2.65 bits per heavy atom. The van der Waals surface area contributed by atoms with Gasteiger partial charge in [-0.05, 0) is 6.07 Å². The van der Waals surface area contributed by atoms with Crippen LogP contribution in [0, 0.1) is 0 Å². The van der Waals surface area contributed by atoms with E-state index < -0.39 is 17.8 Å². The van der Waals surface area contributed by atoms with Crippen LogP contribution in [-0.2, 0) is 14.3 Å². The molecule has 1 heterocycles. The highest BCUT2D eigenvalue weighted by molar-refractivity contribution is 5.96. The molecule has 0 aliphatic rings. The molecule has 7 nitrogen and oxygen atoms in total. The van der Waals surface area contributed by atoms with Gasteiger partial charge >= 0.3 is 5.97 Å². The van der Waals surface area contributed by atoms with E-state index in [2.05, 4.69) is 15.4 Å². The van der Waals surface area contributed by atoms with E-state index in [1.54, 1.807) is 0 Å². The fourth-order valence-corrected chi connectivity index (χ4v) is 0.962. The number of rotatable bonds is 5. The lowest BCUT2D eigenvalue weighted by molar-refractivity contribution is -0.141. The third-order valence-corrected chi connectivity index (χ3v) is 1.85. The van der Waals surface area contributed by atoms with Crippen LogP contribution in [0.25, 0.3) is 0 Å². The molecule has 7 heteroatoms. The summed E-state index contributed by atoms with van der Waals surface area (Å²) in [5.41, 5.74) is 0.325. The van der Waals surface area contributed by atoms with Gasteiger partial charge in [0.05, 0.1) is 25.5 Å². The largest absolute Gasteiger partial charge is 0.472 e. The minimum absolute atomic E-state index is 0.221. The van der Waals surface area contributed by atoms with Gasteiger partial charge in [-0.1, -0.05) is 0 Å². The van der Waals surface area contributed by atoms with Gasteiger partial charge in [0, 0.05) is 0 Å². The summed E-state index contributed by atoms with van der Waals surface area (Å²) >= 11 is 0. The summed E-state index contributed by atoms with van der Waals surface area (Å²) in [5, 5.41) is 4.65. The van der Waals surface area contributed by atoms with E-state index in [1.165, 1.54) is 25.7 Å². The molecule has 0 radical (unpaired) electrons. The van der Waals surface area contributed by atoms with Gasteiger partial charge in [-0.3, -0.25) is 14.4 Å². The molecule has 1 rings (SSSR count). The second-order valence-corrected chi connectivity index (χ2v) is 3.05. The number of hydrogen-bond donors (Lipinski definition) is 2. The van der Waals surface area contributed by atoms with Crippen LogP contribution >= 0.6 is 0 Å². The fourth-order valence-electron chi connectivity index (χ4n) is 0.962. The molecule has 0 fully saturated rings. The number of methoxy groups -OCH3 is 1. The van der Waals surface area contributed by atoms with Crippen molar-refractivity contribution in [3.63, 3.8) is 0 Å². The van der Waals surface area contributed by atoms with Crippen molar-refractivity contribution in [2.24, 2.45) is 0 Å². The molecule has 92 valence electrons. The minimum Gasteiger partial charge on any atom is -0.472 e. The number of furan rings is 1. The maximum absolute atomic E-state index is 11.4. The van der Waals surface area contributed by atoms with Gasteiger partial charge in [0.25, 0.3) is 5.91 Å². The van der Waals surface area contributed by atoms with E-state index in [0.29, 0.717) is 5.56 Å². The molecule has 0 saturated carbocycles. The van der Waals surface area contributed by atoms with Gasteiger partial charge in [-0.15, -0.1) is 0 Å². The Bertz CT molecular complexity index is 399. The molecular weight excluding hydrogens is 228 g/mol. The lowest BCUT2D eigenvalue weighted by Gasteiger charge is -2.04. The first-order valence-corrected chi connectivity index (χ1v) is 4.77. The Kier molecular flexibility index (Phi) is 4.74. The number of carbonyl (C=O) groups is 3. The molecule has 2 N–H and O–H groups in total. The van der Waals surface area contributed by atoms with Crippen LogP contribution in [0.5, 0.6) is 0 Å². The highest BCUT2D eigenvalue weighted by atomic mass is 16.5. The number of amides is 2. The van der Waals surface area contributed by atoms with Gasteiger partial charge in [-0.25, -0.2) is 0 Å². The lowest BCUT2D eigenvalue weighted by atomic mass is 10.3. The van der Waals surface area contributed by atoms with Crippen LogP contribution in [-0.4, -0.2) is 38.0 Å². The van der Waals surface area contributed by atoms with E-state index in [-0.39, 0.29) is 13.1 Å². The van der Waals surface area contributed by atoms with Crippen LogP contribution in [0.1, 0.15) is 10.4 Å². The summed E-state index contributed by atoms with van der Waals surface area (Å²) in [6.45, 7) is -0.447. The summed E-state index contributed by atoms with van der Waals surface area (Å²) in [4.78, 5) is 33.2. The Morgan fingerprint density at radius 2 is 2.06 bits per heavy atom. The number of carbonyl (C=O) groups excluding carboxylic acids is 3. The Morgan fingerprint density at radius 1 is 1.29 bits per heavy atom. The second kappa shape index (κ2) is 6.31. The third-order valence-electron chi connectivity index (χ3n) is 1.85. The topological polar surface area (TPSA) is 97.6 Å². The summed E-state index contributed by atoms with van der Waals surface area (Å²) < 4.78 is 9.05. The van der Waals surface area contributed by atoms with E-state index in [0.717, 1.165) is 0 Å². The van der Waals surface area contributed by atoms with Crippen LogP contribution in [0.4, 0.5) is 0 Å². The molecule has 0 spiro atoms. The molecule has 17 heavy (non-hydrogen) atoms. The standard InChI is InChI=1S/C10H12N2O5/c1-16-9(14)5-11-8(13)4-12-10(15)7-2-3-17-6-7/h2-3,6H,4-5H2,1H3,(H,11,13)(H,12,15). The monoisotopic (exact) mass is 240 g/mol. The molecule has 0 aliphatic heterocycles. The van der Waals surface area contributed by atoms with Crippen LogP contribution in [0.3, 0.4) is 0 Å². The van der Waals surface area contributed by atoms with Crippen molar-refractivity contribution in [2.45, 2.75) is 0 Å². The number of nitrogens with one attached hydrogen (secondary N) is 2. The maximum atomic E-state index is 11.4. The number of esters is 1. The maximum Gasteiger partial charge on any atom is 0.325 e.